The second-order valence-corrected chi connectivity index (χ2v) is 4.69. The van der Waals surface area contributed by atoms with Crippen LogP contribution in [-0.4, -0.2) is 23.4 Å². The van der Waals surface area contributed by atoms with Crippen molar-refractivity contribution in [3.05, 3.63) is 35.4 Å². The maximum Gasteiger partial charge on any atom is 0.234 e. The lowest BCUT2D eigenvalue weighted by Crippen LogP contribution is -2.47. The number of benzene rings is 1. The Morgan fingerprint density at radius 3 is 2.72 bits per heavy atom. The summed E-state index contributed by atoms with van der Waals surface area (Å²) >= 11 is 0. The zero-order chi connectivity index (χ0) is 13.0. The number of nitrogens with zero attached hydrogens (tertiary/aromatic N) is 2. The molecule has 4 heteroatoms. The molecule has 1 atom stereocenters. The summed E-state index contributed by atoms with van der Waals surface area (Å²) in [4.78, 5) is 13.5. The van der Waals surface area contributed by atoms with Crippen LogP contribution in [0.25, 0.3) is 0 Å². The van der Waals surface area contributed by atoms with Gasteiger partial charge in [-0.3, -0.25) is 9.69 Å². The second kappa shape index (κ2) is 5.65. The lowest BCUT2D eigenvalue weighted by molar-refractivity contribution is -0.124. The van der Waals surface area contributed by atoms with E-state index in [-0.39, 0.29) is 11.9 Å². The SMILES string of the molecule is N#Cc1ccc(CN2CCCCC2C(N)=O)cc1. The van der Waals surface area contributed by atoms with Crippen LogP contribution in [0.15, 0.2) is 24.3 Å². The first kappa shape index (κ1) is 12.6. The molecule has 0 saturated carbocycles. The summed E-state index contributed by atoms with van der Waals surface area (Å²) in [6.07, 6.45) is 3.03. The highest BCUT2D eigenvalue weighted by atomic mass is 16.1. The van der Waals surface area contributed by atoms with E-state index in [0.717, 1.165) is 37.9 Å². The minimum absolute atomic E-state index is 0.144. The monoisotopic (exact) mass is 243 g/mol. The number of nitrogens with two attached hydrogens (primary N) is 1. The van der Waals surface area contributed by atoms with Crippen LogP contribution >= 0.6 is 0 Å². The Morgan fingerprint density at radius 1 is 1.39 bits per heavy atom. The zero-order valence-corrected chi connectivity index (χ0v) is 10.3. The average Bonchev–Trinajstić information content (AvgIpc) is 2.40. The van der Waals surface area contributed by atoms with Gasteiger partial charge in [-0.15, -0.1) is 0 Å². The van der Waals surface area contributed by atoms with Gasteiger partial charge in [0, 0.05) is 6.54 Å². The summed E-state index contributed by atoms with van der Waals surface area (Å²) in [7, 11) is 0. The first-order chi connectivity index (χ1) is 8.70. The number of primary amides is 1. The van der Waals surface area contributed by atoms with Crippen LogP contribution in [0.5, 0.6) is 0 Å². The summed E-state index contributed by atoms with van der Waals surface area (Å²) in [6, 6.07) is 9.43. The highest BCUT2D eigenvalue weighted by molar-refractivity contribution is 5.79. The van der Waals surface area contributed by atoms with E-state index in [2.05, 4.69) is 11.0 Å². The first-order valence-electron chi connectivity index (χ1n) is 6.23. The number of hydrogen-bond donors (Lipinski definition) is 1. The minimum Gasteiger partial charge on any atom is -0.368 e. The minimum atomic E-state index is -0.233. The molecule has 1 fully saturated rings. The van der Waals surface area contributed by atoms with Gasteiger partial charge in [0.05, 0.1) is 17.7 Å². The van der Waals surface area contributed by atoms with E-state index in [0.29, 0.717) is 5.56 Å². The third kappa shape index (κ3) is 2.88. The predicted molar refractivity (Wildman–Crippen MR) is 68.4 cm³/mol. The van der Waals surface area contributed by atoms with Crippen molar-refractivity contribution in [2.24, 2.45) is 5.73 Å². The molecule has 2 rings (SSSR count). The number of carbonyl (C=O) groups is 1. The molecule has 1 aliphatic heterocycles. The Balaban J connectivity index is 2.06. The van der Waals surface area contributed by atoms with Crippen molar-refractivity contribution in [1.82, 2.24) is 4.90 Å². The van der Waals surface area contributed by atoms with Gasteiger partial charge in [-0.05, 0) is 37.1 Å². The molecular formula is C14H17N3O. The molecule has 1 aromatic rings. The molecule has 1 aliphatic rings. The highest BCUT2D eigenvalue weighted by Crippen LogP contribution is 2.19. The molecule has 0 aliphatic carbocycles. The van der Waals surface area contributed by atoms with Gasteiger partial charge < -0.3 is 5.73 Å². The molecule has 0 bridgehead atoms. The molecule has 0 radical (unpaired) electrons. The van der Waals surface area contributed by atoms with Crippen LogP contribution in [0.1, 0.15) is 30.4 Å². The van der Waals surface area contributed by atoms with Gasteiger partial charge in [0.1, 0.15) is 0 Å². The fourth-order valence-electron chi connectivity index (χ4n) is 2.42. The fourth-order valence-corrected chi connectivity index (χ4v) is 2.42. The molecule has 94 valence electrons. The Labute approximate surface area is 107 Å². The van der Waals surface area contributed by atoms with Crippen molar-refractivity contribution >= 4 is 5.91 Å². The van der Waals surface area contributed by atoms with Gasteiger partial charge in [0.25, 0.3) is 0 Å². The molecule has 1 unspecified atom stereocenters. The van der Waals surface area contributed by atoms with Crippen molar-refractivity contribution in [3.8, 4) is 6.07 Å². The van der Waals surface area contributed by atoms with E-state index in [9.17, 15) is 4.79 Å². The van der Waals surface area contributed by atoms with Crippen LogP contribution in [0, 0.1) is 11.3 Å². The number of likely N-dealkylation sites (tertiary alicyclic amines) is 1. The summed E-state index contributed by atoms with van der Waals surface area (Å²) in [5, 5.41) is 8.74. The summed E-state index contributed by atoms with van der Waals surface area (Å²) in [5.41, 5.74) is 7.20. The smallest absolute Gasteiger partial charge is 0.234 e. The predicted octanol–water partition coefficient (Wildman–Crippen LogP) is 1.40. The van der Waals surface area contributed by atoms with Crippen molar-refractivity contribution < 1.29 is 4.79 Å². The molecule has 1 amide bonds. The standard InChI is InChI=1S/C14H17N3O/c15-9-11-4-6-12(7-5-11)10-17-8-2-1-3-13(17)14(16)18/h4-7,13H,1-3,8,10H2,(H2,16,18). The number of rotatable bonds is 3. The Morgan fingerprint density at radius 2 is 2.11 bits per heavy atom. The quantitative estimate of drug-likeness (QED) is 0.872. The molecule has 2 N–H and O–H groups in total. The number of amides is 1. The average molecular weight is 243 g/mol. The zero-order valence-electron chi connectivity index (χ0n) is 10.3. The van der Waals surface area contributed by atoms with Gasteiger partial charge in [0.2, 0.25) is 5.91 Å². The summed E-state index contributed by atoms with van der Waals surface area (Å²) < 4.78 is 0. The molecule has 18 heavy (non-hydrogen) atoms. The number of piperidine rings is 1. The summed E-state index contributed by atoms with van der Waals surface area (Å²) in [6.45, 7) is 1.63. The van der Waals surface area contributed by atoms with Gasteiger partial charge in [-0.1, -0.05) is 18.6 Å². The normalized spacial score (nSPS) is 20.3. The Hall–Kier alpha value is -1.86. The molecule has 1 aromatic carbocycles. The van der Waals surface area contributed by atoms with Crippen molar-refractivity contribution in [3.63, 3.8) is 0 Å². The van der Waals surface area contributed by atoms with E-state index in [1.54, 1.807) is 12.1 Å². The summed E-state index contributed by atoms with van der Waals surface area (Å²) in [5.74, 6) is -0.233. The number of nitriles is 1. The second-order valence-electron chi connectivity index (χ2n) is 4.69. The maximum absolute atomic E-state index is 11.4. The molecule has 1 heterocycles. The van der Waals surface area contributed by atoms with Crippen molar-refractivity contribution in [2.75, 3.05) is 6.54 Å². The Bertz CT molecular complexity index is 461. The van der Waals surface area contributed by atoms with Crippen LogP contribution in [0.3, 0.4) is 0 Å². The van der Waals surface area contributed by atoms with Crippen LogP contribution in [-0.2, 0) is 11.3 Å². The lowest BCUT2D eigenvalue weighted by atomic mass is 10.0. The van der Waals surface area contributed by atoms with Crippen LogP contribution in [0.4, 0.5) is 0 Å². The van der Waals surface area contributed by atoms with E-state index >= 15 is 0 Å². The maximum atomic E-state index is 11.4. The molecule has 1 saturated heterocycles. The van der Waals surface area contributed by atoms with Crippen LogP contribution in [0.2, 0.25) is 0 Å². The van der Waals surface area contributed by atoms with E-state index < -0.39 is 0 Å². The topological polar surface area (TPSA) is 70.1 Å². The van der Waals surface area contributed by atoms with Gasteiger partial charge >= 0.3 is 0 Å². The molecule has 4 nitrogen and oxygen atoms in total. The van der Waals surface area contributed by atoms with E-state index in [4.69, 9.17) is 11.0 Å². The third-order valence-corrected chi connectivity index (χ3v) is 3.41. The lowest BCUT2D eigenvalue weighted by Gasteiger charge is -2.33. The van der Waals surface area contributed by atoms with Crippen LogP contribution < -0.4 is 5.73 Å². The Kier molecular flexibility index (Phi) is 3.96. The third-order valence-electron chi connectivity index (χ3n) is 3.41. The van der Waals surface area contributed by atoms with Gasteiger partial charge in [-0.25, -0.2) is 0 Å². The first-order valence-corrected chi connectivity index (χ1v) is 6.23. The number of hydrogen-bond acceptors (Lipinski definition) is 3. The largest absolute Gasteiger partial charge is 0.368 e. The molecular weight excluding hydrogens is 226 g/mol. The number of carbonyl (C=O) groups excluding carboxylic acids is 1. The van der Waals surface area contributed by atoms with E-state index in [1.807, 2.05) is 12.1 Å². The fraction of sp³-hybridized carbons (Fsp3) is 0.429. The van der Waals surface area contributed by atoms with Crippen molar-refractivity contribution in [1.29, 1.82) is 5.26 Å². The molecule has 0 aromatic heterocycles. The van der Waals surface area contributed by atoms with Crippen molar-refractivity contribution in [2.45, 2.75) is 31.8 Å². The van der Waals surface area contributed by atoms with Gasteiger partial charge in [-0.2, -0.15) is 5.26 Å². The highest BCUT2D eigenvalue weighted by Gasteiger charge is 2.26. The van der Waals surface area contributed by atoms with Gasteiger partial charge in [0.15, 0.2) is 0 Å². The molecule has 0 spiro atoms. The van der Waals surface area contributed by atoms with E-state index in [1.165, 1.54) is 0 Å².